The topological polar surface area (TPSA) is 87.4 Å². The summed E-state index contributed by atoms with van der Waals surface area (Å²) in [5, 5.41) is 11.9. The van der Waals surface area contributed by atoms with Crippen molar-refractivity contribution < 1.29 is 10.0 Å². The van der Waals surface area contributed by atoms with Gasteiger partial charge in [-0.05, 0) is 36.6 Å². The molecule has 0 aliphatic rings. The van der Waals surface area contributed by atoms with Gasteiger partial charge >= 0.3 is 0 Å². The maximum Gasteiger partial charge on any atom is 0.260 e. The Kier molecular flexibility index (Phi) is 5.52. The van der Waals surface area contributed by atoms with Crippen LogP contribution in [-0.2, 0) is 17.8 Å². The molecule has 0 saturated carbocycles. The third-order valence-electron chi connectivity index (χ3n) is 3.47. The number of amides is 1. The molecule has 5 nitrogen and oxygen atoms in total. The summed E-state index contributed by atoms with van der Waals surface area (Å²) in [5.74, 6) is -0.582. The third-order valence-corrected chi connectivity index (χ3v) is 3.47. The van der Waals surface area contributed by atoms with Gasteiger partial charge in [0.1, 0.15) is 0 Å². The summed E-state index contributed by atoms with van der Waals surface area (Å²) in [6, 6.07) is 15.4. The molecule has 0 fully saturated rings. The highest BCUT2D eigenvalue weighted by Crippen LogP contribution is 2.13. The molecule has 22 heavy (non-hydrogen) atoms. The number of hydroxylamine groups is 1. The number of aryl methyl sites for hydroxylation is 1. The summed E-state index contributed by atoms with van der Waals surface area (Å²) in [7, 11) is 0. The zero-order valence-corrected chi connectivity index (χ0v) is 12.5. The molecule has 0 saturated heterocycles. The Morgan fingerprint density at radius 1 is 1.09 bits per heavy atom. The molecule has 5 N–H and O–H groups in total. The van der Waals surface area contributed by atoms with Gasteiger partial charge in [0.25, 0.3) is 5.91 Å². The highest BCUT2D eigenvalue weighted by atomic mass is 16.5. The fourth-order valence-electron chi connectivity index (χ4n) is 2.10. The van der Waals surface area contributed by atoms with E-state index >= 15 is 0 Å². The van der Waals surface area contributed by atoms with Crippen molar-refractivity contribution in [3.8, 4) is 0 Å². The van der Waals surface area contributed by atoms with Gasteiger partial charge in [0.15, 0.2) is 0 Å². The standard InChI is InChI=1S/C17H21N3O2/c1-12-2-4-14(5-3-12)11-19-15-8-6-13(7-9-15)10-16(18)17(21)20-22/h2-9,16,19,22H,10-11,18H2,1H3,(H,20,21)/t16-/m0/s1. The summed E-state index contributed by atoms with van der Waals surface area (Å²) in [6.45, 7) is 2.82. The van der Waals surface area contributed by atoms with Crippen LogP contribution < -0.4 is 16.5 Å². The van der Waals surface area contributed by atoms with Crippen LogP contribution in [0.1, 0.15) is 16.7 Å². The van der Waals surface area contributed by atoms with Crippen molar-refractivity contribution in [1.29, 1.82) is 0 Å². The van der Waals surface area contributed by atoms with Crippen LogP contribution in [0, 0.1) is 6.92 Å². The van der Waals surface area contributed by atoms with E-state index < -0.39 is 11.9 Å². The van der Waals surface area contributed by atoms with E-state index in [4.69, 9.17) is 10.9 Å². The summed E-state index contributed by atoms with van der Waals surface area (Å²) in [4.78, 5) is 11.2. The van der Waals surface area contributed by atoms with Crippen LogP contribution >= 0.6 is 0 Å². The van der Waals surface area contributed by atoms with E-state index in [0.29, 0.717) is 6.42 Å². The Labute approximate surface area is 130 Å². The summed E-state index contributed by atoms with van der Waals surface area (Å²) in [6.07, 6.45) is 0.380. The minimum Gasteiger partial charge on any atom is -0.381 e. The largest absolute Gasteiger partial charge is 0.381 e. The number of nitrogens with two attached hydrogens (primary N) is 1. The Bertz CT molecular complexity index is 609. The number of carbonyl (C=O) groups excluding carboxylic acids is 1. The predicted octanol–water partition coefficient (Wildman–Crippen LogP) is 1.98. The first-order valence-corrected chi connectivity index (χ1v) is 7.16. The van der Waals surface area contributed by atoms with Gasteiger partial charge in [-0.25, -0.2) is 5.48 Å². The first-order valence-electron chi connectivity index (χ1n) is 7.16. The average Bonchev–Trinajstić information content (AvgIpc) is 2.55. The molecule has 116 valence electrons. The second-order valence-corrected chi connectivity index (χ2v) is 5.32. The van der Waals surface area contributed by atoms with E-state index in [1.807, 2.05) is 24.3 Å². The van der Waals surface area contributed by atoms with Gasteiger partial charge in [0.2, 0.25) is 0 Å². The molecule has 1 amide bonds. The summed E-state index contributed by atoms with van der Waals surface area (Å²) in [5.41, 5.74) is 11.6. The zero-order chi connectivity index (χ0) is 15.9. The van der Waals surface area contributed by atoms with Crippen LogP contribution in [0.5, 0.6) is 0 Å². The van der Waals surface area contributed by atoms with Gasteiger partial charge < -0.3 is 11.1 Å². The van der Waals surface area contributed by atoms with Crippen LogP contribution in [0.15, 0.2) is 48.5 Å². The number of hydrogen-bond donors (Lipinski definition) is 4. The predicted molar refractivity (Wildman–Crippen MR) is 86.6 cm³/mol. The average molecular weight is 299 g/mol. The third kappa shape index (κ3) is 4.58. The Morgan fingerprint density at radius 2 is 1.68 bits per heavy atom. The maximum atomic E-state index is 11.2. The molecule has 0 unspecified atom stereocenters. The monoisotopic (exact) mass is 299 g/mol. The van der Waals surface area contributed by atoms with Crippen molar-refractivity contribution in [1.82, 2.24) is 5.48 Å². The molecule has 5 heteroatoms. The molecule has 2 aromatic carbocycles. The lowest BCUT2D eigenvalue weighted by Crippen LogP contribution is -2.40. The Hall–Kier alpha value is -2.37. The fraction of sp³-hybridized carbons (Fsp3) is 0.235. The highest BCUT2D eigenvalue weighted by molar-refractivity contribution is 5.80. The van der Waals surface area contributed by atoms with Crippen LogP contribution in [0.4, 0.5) is 5.69 Å². The minimum atomic E-state index is -0.753. The number of benzene rings is 2. The molecular weight excluding hydrogens is 278 g/mol. The molecule has 2 rings (SSSR count). The van der Waals surface area contributed by atoms with E-state index in [1.165, 1.54) is 11.1 Å². The zero-order valence-electron chi connectivity index (χ0n) is 12.5. The SMILES string of the molecule is Cc1ccc(CNc2ccc(C[C@H](N)C(=O)NO)cc2)cc1. The molecule has 0 spiro atoms. The lowest BCUT2D eigenvalue weighted by atomic mass is 10.1. The lowest BCUT2D eigenvalue weighted by Gasteiger charge is -2.11. The van der Waals surface area contributed by atoms with Gasteiger partial charge in [0.05, 0.1) is 6.04 Å². The van der Waals surface area contributed by atoms with Crippen molar-refractivity contribution in [2.75, 3.05) is 5.32 Å². The Morgan fingerprint density at radius 3 is 2.27 bits per heavy atom. The molecule has 0 aliphatic carbocycles. The van der Waals surface area contributed by atoms with Crippen molar-refractivity contribution in [2.24, 2.45) is 5.73 Å². The quantitative estimate of drug-likeness (QED) is 0.485. The first kappa shape index (κ1) is 16.0. The molecule has 0 radical (unpaired) electrons. The minimum absolute atomic E-state index is 0.380. The van der Waals surface area contributed by atoms with Crippen LogP contribution in [0.2, 0.25) is 0 Å². The number of nitrogens with one attached hydrogen (secondary N) is 2. The van der Waals surface area contributed by atoms with Crippen molar-refractivity contribution in [2.45, 2.75) is 25.9 Å². The van der Waals surface area contributed by atoms with E-state index in [2.05, 4.69) is 36.5 Å². The van der Waals surface area contributed by atoms with Gasteiger partial charge in [-0.15, -0.1) is 0 Å². The van der Waals surface area contributed by atoms with Gasteiger partial charge in [-0.3, -0.25) is 10.0 Å². The number of anilines is 1. The van der Waals surface area contributed by atoms with Gasteiger partial charge in [0, 0.05) is 12.2 Å². The van der Waals surface area contributed by atoms with Crippen molar-refractivity contribution >= 4 is 11.6 Å². The maximum absolute atomic E-state index is 11.2. The summed E-state index contributed by atoms with van der Waals surface area (Å²) < 4.78 is 0. The van der Waals surface area contributed by atoms with Crippen LogP contribution in [-0.4, -0.2) is 17.2 Å². The smallest absolute Gasteiger partial charge is 0.260 e. The summed E-state index contributed by atoms with van der Waals surface area (Å²) >= 11 is 0. The highest BCUT2D eigenvalue weighted by Gasteiger charge is 2.12. The van der Waals surface area contributed by atoms with Crippen molar-refractivity contribution in [3.05, 3.63) is 65.2 Å². The molecule has 2 aromatic rings. The van der Waals surface area contributed by atoms with E-state index in [9.17, 15) is 4.79 Å². The fourth-order valence-corrected chi connectivity index (χ4v) is 2.10. The van der Waals surface area contributed by atoms with E-state index in [-0.39, 0.29) is 0 Å². The number of carbonyl (C=O) groups is 1. The van der Waals surface area contributed by atoms with Crippen molar-refractivity contribution in [3.63, 3.8) is 0 Å². The second-order valence-electron chi connectivity index (χ2n) is 5.32. The van der Waals surface area contributed by atoms with E-state index in [0.717, 1.165) is 17.8 Å². The molecular formula is C17H21N3O2. The Balaban J connectivity index is 1.89. The number of hydrogen-bond acceptors (Lipinski definition) is 4. The molecule has 0 bridgehead atoms. The lowest BCUT2D eigenvalue weighted by molar-refractivity contribution is -0.130. The molecule has 0 aliphatic heterocycles. The molecule has 1 atom stereocenters. The second kappa shape index (κ2) is 7.59. The van der Waals surface area contributed by atoms with E-state index in [1.54, 1.807) is 5.48 Å². The molecule has 0 aromatic heterocycles. The number of rotatable bonds is 6. The normalized spacial score (nSPS) is 11.8. The first-order chi connectivity index (χ1) is 10.6. The van der Waals surface area contributed by atoms with Gasteiger partial charge in [-0.1, -0.05) is 42.0 Å². The van der Waals surface area contributed by atoms with Gasteiger partial charge in [-0.2, -0.15) is 0 Å². The molecule has 0 heterocycles. The van der Waals surface area contributed by atoms with Crippen LogP contribution in [0.25, 0.3) is 0 Å². The van der Waals surface area contributed by atoms with Crippen LogP contribution in [0.3, 0.4) is 0 Å².